The Kier molecular flexibility index (Phi) is 4.52. The number of hydrogen-bond donors (Lipinski definition) is 1. The molecule has 0 aliphatic carbocycles. The maximum Gasteiger partial charge on any atom is 0.415 e. The molecule has 28 heavy (non-hydrogen) atoms. The maximum absolute atomic E-state index is 12.4. The second-order valence-corrected chi connectivity index (χ2v) is 6.48. The SMILES string of the molecule is O=C(Oc1ccccc1[N+](=O)[O-])N1CCC(n2c(=O)[nH]c3ncccc32)CC1. The van der Waals surface area contributed by atoms with Crippen LogP contribution in [0.5, 0.6) is 5.75 Å². The molecule has 3 heterocycles. The van der Waals surface area contributed by atoms with Crippen LogP contribution in [0.4, 0.5) is 10.5 Å². The van der Waals surface area contributed by atoms with Crippen LogP contribution in [0, 0.1) is 10.1 Å². The number of H-pyrrole nitrogens is 1. The minimum absolute atomic E-state index is 0.0689. The first-order chi connectivity index (χ1) is 13.5. The van der Waals surface area contributed by atoms with E-state index in [1.807, 2.05) is 6.07 Å². The van der Waals surface area contributed by atoms with Crippen molar-refractivity contribution in [3.8, 4) is 5.75 Å². The van der Waals surface area contributed by atoms with Crippen molar-refractivity contribution in [3.05, 3.63) is 63.2 Å². The van der Waals surface area contributed by atoms with E-state index in [4.69, 9.17) is 4.74 Å². The summed E-state index contributed by atoms with van der Waals surface area (Å²) in [7, 11) is 0. The van der Waals surface area contributed by atoms with Crippen LogP contribution in [-0.2, 0) is 0 Å². The number of nitrogens with one attached hydrogen (secondary N) is 1. The summed E-state index contributed by atoms with van der Waals surface area (Å²) < 4.78 is 6.90. The number of nitro groups is 1. The summed E-state index contributed by atoms with van der Waals surface area (Å²) in [5, 5.41) is 11.1. The van der Waals surface area contributed by atoms with Gasteiger partial charge in [-0.25, -0.2) is 14.6 Å². The predicted octanol–water partition coefficient (Wildman–Crippen LogP) is 2.47. The number of rotatable bonds is 3. The van der Waals surface area contributed by atoms with Gasteiger partial charge < -0.3 is 9.64 Å². The lowest BCUT2D eigenvalue weighted by Gasteiger charge is -2.31. The first-order valence-corrected chi connectivity index (χ1v) is 8.80. The number of hydrogen-bond acceptors (Lipinski definition) is 6. The Balaban J connectivity index is 1.46. The summed E-state index contributed by atoms with van der Waals surface area (Å²) in [5.74, 6) is -0.0847. The quantitative estimate of drug-likeness (QED) is 0.547. The molecule has 1 saturated heterocycles. The Labute approximate surface area is 158 Å². The van der Waals surface area contributed by atoms with Gasteiger partial charge >= 0.3 is 17.5 Å². The number of nitro benzene ring substituents is 1. The molecule has 0 radical (unpaired) electrons. The molecule has 1 amide bonds. The number of fused-ring (bicyclic) bond motifs is 1. The lowest BCUT2D eigenvalue weighted by molar-refractivity contribution is -0.385. The molecule has 144 valence electrons. The number of nitrogens with zero attached hydrogens (tertiary/aromatic N) is 4. The van der Waals surface area contributed by atoms with E-state index in [0.717, 1.165) is 5.52 Å². The second kappa shape index (κ2) is 7.14. The fourth-order valence-corrected chi connectivity index (χ4v) is 3.48. The van der Waals surface area contributed by atoms with Crippen LogP contribution in [0.25, 0.3) is 11.2 Å². The number of aromatic nitrogens is 3. The number of imidazole rings is 1. The molecule has 1 aromatic carbocycles. The van der Waals surface area contributed by atoms with Crippen molar-refractivity contribution in [3.63, 3.8) is 0 Å². The van der Waals surface area contributed by atoms with Gasteiger partial charge in [-0.3, -0.25) is 19.7 Å². The summed E-state index contributed by atoms with van der Waals surface area (Å²) in [6.45, 7) is 0.757. The number of ether oxygens (including phenoxy) is 1. The molecule has 1 aliphatic heterocycles. The molecule has 1 fully saturated rings. The molecular formula is C18H17N5O5. The molecule has 3 aromatic rings. The average Bonchev–Trinajstić information content (AvgIpc) is 3.04. The van der Waals surface area contributed by atoms with E-state index in [1.54, 1.807) is 22.9 Å². The minimum atomic E-state index is -0.638. The number of pyridine rings is 1. The Hall–Kier alpha value is -3.69. The molecule has 0 bridgehead atoms. The maximum atomic E-state index is 12.4. The molecule has 10 nitrogen and oxygen atoms in total. The molecule has 2 aromatic heterocycles. The highest BCUT2D eigenvalue weighted by Crippen LogP contribution is 2.28. The Bertz CT molecular complexity index is 1100. The third-order valence-electron chi connectivity index (χ3n) is 4.84. The lowest BCUT2D eigenvalue weighted by atomic mass is 10.1. The van der Waals surface area contributed by atoms with Crippen LogP contribution in [0.3, 0.4) is 0 Å². The highest BCUT2D eigenvalue weighted by atomic mass is 16.6. The van der Waals surface area contributed by atoms with Crippen molar-refractivity contribution < 1.29 is 14.5 Å². The van der Waals surface area contributed by atoms with Gasteiger partial charge in [0.25, 0.3) is 0 Å². The van der Waals surface area contributed by atoms with Gasteiger partial charge in [0.15, 0.2) is 5.65 Å². The molecule has 0 atom stereocenters. The number of carbonyl (C=O) groups is 1. The summed E-state index contributed by atoms with van der Waals surface area (Å²) in [6.07, 6.45) is 2.10. The highest BCUT2D eigenvalue weighted by molar-refractivity contribution is 5.73. The predicted molar refractivity (Wildman–Crippen MR) is 99.3 cm³/mol. The molecule has 0 saturated carbocycles. The molecule has 1 aliphatic rings. The number of amides is 1. The Morgan fingerprint density at radius 3 is 2.71 bits per heavy atom. The van der Waals surface area contributed by atoms with E-state index in [2.05, 4.69) is 9.97 Å². The van der Waals surface area contributed by atoms with Gasteiger partial charge in [0.1, 0.15) is 0 Å². The largest absolute Gasteiger partial charge is 0.415 e. The van der Waals surface area contributed by atoms with E-state index < -0.39 is 11.0 Å². The zero-order valence-corrected chi connectivity index (χ0v) is 14.8. The van der Waals surface area contributed by atoms with Crippen molar-refractivity contribution in [2.24, 2.45) is 0 Å². The molecule has 1 N–H and O–H groups in total. The van der Waals surface area contributed by atoms with E-state index >= 15 is 0 Å². The number of aromatic amines is 1. The van der Waals surface area contributed by atoms with E-state index in [1.165, 1.54) is 23.1 Å². The van der Waals surface area contributed by atoms with Crippen LogP contribution < -0.4 is 10.4 Å². The topological polar surface area (TPSA) is 123 Å². The third-order valence-corrected chi connectivity index (χ3v) is 4.84. The van der Waals surface area contributed by atoms with Gasteiger partial charge in [-0.2, -0.15) is 0 Å². The van der Waals surface area contributed by atoms with Gasteiger partial charge in [0.05, 0.1) is 10.4 Å². The fraction of sp³-hybridized carbons (Fsp3) is 0.278. The van der Waals surface area contributed by atoms with Crippen LogP contribution in [0.1, 0.15) is 18.9 Å². The van der Waals surface area contributed by atoms with Crippen LogP contribution >= 0.6 is 0 Å². The van der Waals surface area contributed by atoms with Crippen molar-refractivity contribution in [2.75, 3.05) is 13.1 Å². The Morgan fingerprint density at radius 1 is 1.21 bits per heavy atom. The normalized spacial score (nSPS) is 14.9. The zero-order valence-electron chi connectivity index (χ0n) is 14.8. The van der Waals surface area contributed by atoms with Crippen molar-refractivity contribution in [1.82, 2.24) is 19.4 Å². The Morgan fingerprint density at radius 2 is 1.96 bits per heavy atom. The standard InChI is InChI=1S/C18H17N5O5/c24-17-20-16-14(5-3-9-19-16)22(17)12-7-10-21(11-8-12)18(25)28-15-6-2-1-4-13(15)23(26)27/h1-6,9,12H,7-8,10-11H2,(H,19,20,24). The third kappa shape index (κ3) is 3.20. The smallest absolute Gasteiger partial charge is 0.403 e. The van der Waals surface area contributed by atoms with E-state index in [-0.39, 0.29) is 23.2 Å². The summed E-state index contributed by atoms with van der Waals surface area (Å²) in [5.41, 5.74) is 0.775. The van der Waals surface area contributed by atoms with Gasteiger partial charge in [-0.15, -0.1) is 0 Å². The van der Waals surface area contributed by atoms with Crippen LogP contribution in [0.2, 0.25) is 0 Å². The number of likely N-dealkylation sites (tertiary alicyclic amines) is 1. The number of carbonyl (C=O) groups excluding carboxylic acids is 1. The van der Waals surface area contributed by atoms with E-state index in [9.17, 15) is 19.7 Å². The summed E-state index contributed by atoms with van der Waals surface area (Å²) in [6, 6.07) is 9.28. The number of piperidine rings is 1. The fourth-order valence-electron chi connectivity index (χ4n) is 3.48. The zero-order chi connectivity index (χ0) is 19.7. The second-order valence-electron chi connectivity index (χ2n) is 6.48. The number of benzene rings is 1. The van der Waals surface area contributed by atoms with Gasteiger partial charge in [-0.05, 0) is 31.0 Å². The van der Waals surface area contributed by atoms with Gasteiger partial charge in [0.2, 0.25) is 5.75 Å². The van der Waals surface area contributed by atoms with Gasteiger partial charge in [-0.1, -0.05) is 12.1 Å². The molecule has 4 rings (SSSR count). The van der Waals surface area contributed by atoms with Crippen LogP contribution in [-0.4, -0.2) is 43.5 Å². The first-order valence-electron chi connectivity index (χ1n) is 8.80. The molecule has 10 heteroatoms. The van der Waals surface area contributed by atoms with Crippen molar-refractivity contribution >= 4 is 22.9 Å². The molecule has 0 unspecified atom stereocenters. The van der Waals surface area contributed by atoms with Crippen molar-refractivity contribution in [2.45, 2.75) is 18.9 Å². The summed E-state index contributed by atoms with van der Waals surface area (Å²) >= 11 is 0. The van der Waals surface area contributed by atoms with Crippen LogP contribution in [0.15, 0.2) is 47.4 Å². The number of para-hydroxylation sites is 2. The molecule has 0 spiro atoms. The molecular weight excluding hydrogens is 366 g/mol. The van der Waals surface area contributed by atoms with Crippen molar-refractivity contribution in [1.29, 1.82) is 0 Å². The average molecular weight is 383 g/mol. The monoisotopic (exact) mass is 383 g/mol. The van der Waals surface area contributed by atoms with E-state index in [0.29, 0.717) is 31.6 Å². The lowest BCUT2D eigenvalue weighted by Crippen LogP contribution is -2.41. The minimum Gasteiger partial charge on any atom is -0.403 e. The van der Waals surface area contributed by atoms with Gasteiger partial charge in [0, 0.05) is 31.4 Å². The first kappa shape index (κ1) is 17.7. The highest BCUT2D eigenvalue weighted by Gasteiger charge is 2.28. The summed E-state index contributed by atoms with van der Waals surface area (Å²) in [4.78, 5) is 43.5.